The number of aryl methyl sites for hydroxylation is 2. The number of sulfonamides is 1. The van der Waals surface area contributed by atoms with Crippen LogP contribution in [0.1, 0.15) is 43.0 Å². The first-order valence-electron chi connectivity index (χ1n) is 15.2. The normalized spacial score (nSPS) is 12.2. The van der Waals surface area contributed by atoms with Crippen LogP contribution in [0.4, 0.5) is 5.69 Å². The number of hydrogen-bond donors (Lipinski definition) is 1. The number of methoxy groups -OCH3 is 1. The second kappa shape index (κ2) is 14.6. The quantitative estimate of drug-likeness (QED) is 0.203. The fourth-order valence-electron chi connectivity index (χ4n) is 5.17. The average molecular weight is 642 g/mol. The molecule has 0 heterocycles. The van der Waals surface area contributed by atoms with Gasteiger partial charge in [-0.25, -0.2) is 8.42 Å². The predicted octanol–water partition coefficient (Wildman–Crippen LogP) is 6.06. The number of carbonyl (C=O) groups is 2. The van der Waals surface area contributed by atoms with Gasteiger partial charge in [0.05, 0.1) is 17.7 Å². The van der Waals surface area contributed by atoms with Gasteiger partial charge in [0.15, 0.2) is 0 Å². The van der Waals surface area contributed by atoms with E-state index >= 15 is 0 Å². The van der Waals surface area contributed by atoms with Crippen molar-refractivity contribution >= 4 is 27.5 Å². The zero-order valence-corrected chi connectivity index (χ0v) is 28.2. The van der Waals surface area contributed by atoms with Crippen LogP contribution < -0.4 is 14.4 Å². The molecule has 0 saturated carbocycles. The summed E-state index contributed by atoms with van der Waals surface area (Å²) in [5.74, 6) is -0.254. The first-order valence-corrected chi connectivity index (χ1v) is 16.7. The molecule has 2 amide bonds. The van der Waals surface area contributed by atoms with Gasteiger partial charge in [-0.15, -0.1) is 0 Å². The first kappa shape index (κ1) is 34.2. The molecule has 46 heavy (non-hydrogen) atoms. The molecule has 4 rings (SSSR count). The minimum absolute atomic E-state index is 0.0529. The van der Waals surface area contributed by atoms with Crippen LogP contribution >= 0.6 is 0 Å². The minimum atomic E-state index is -4.17. The standard InChI is InChI=1S/C37H43N3O5S/c1-27-19-21-32(22-20-27)46(43,44)40(33-18-11-10-13-28(33)2)26-35(41)39(25-30-16-12-17-31(23-30)45-6)34(36(42)38-37(3,4)5)24-29-14-8-7-9-15-29/h7-23,34H,24-26H2,1-6H3,(H,38,42). The fourth-order valence-corrected chi connectivity index (χ4v) is 6.65. The molecule has 0 radical (unpaired) electrons. The van der Waals surface area contributed by atoms with Crippen LogP contribution in [-0.2, 0) is 32.6 Å². The molecular weight excluding hydrogens is 598 g/mol. The third kappa shape index (κ3) is 8.75. The number of ether oxygens (including phenoxy) is 1. The van der Waals surface area contributed by atoms with Crippen molar-refractivity contribution in [3.05, 3.63) is 125 Å². The number of benzene rings is 4. The number of rotatable bonds is 12. The van der Waals surface area contributed by atoms with E-state index in [1.165, 1.54) is 4.90 Å². The summed E-state index contributed by atoms with van der Waals surface area (Å²) in [6.45, 7) is 8.87. The molecule has 4 aromatic rings. The Kier molecular flexibility index (Phi) is 10.9. The number of para-hydroxylation sites is 1. The monoisotopic (exact) mass is 641 g/mol. The van der Waals surface area contributed by atoms with Crippen molar-refractivity contribution in [2.75, 3.05) is 18.0 Å². The number of carbonyl (C=O) groups excluding carboxylic acids is 2. The maximum Gasteiger partial charge on any atom is 0.264 e. The van der Waals surface area contributed by atoms with E-state index in [2.05, 4.69) is 5.32 Å². The molecule has 0 aliphatic carbocycles. The highest BCUT2D eigenvalue weighted by Gasteiger charge is 2.36. The smallest absolute Gasteiger partial charge is 0.264 e. The second-order valence-electron chi connectivity index (χ2n) is 12.4. The molecule has 1 N–H and O–H groups in total. The molecule has 0 bridgehead atoms. The third-order valence-corrected chi connectivity index (χ3v) is 9.30. The molecule has 9 heteroatoms. The van der Waals surface area contributed by atoms with Gasteiger partial charge in [0.1, 0.15) is 18.3 Å². The molecular formula is C37H43N3O5S. The lowest BCUT2D eigenvalue weighted by Gasteiger charge is -2.35. The summed E-state index contributed by atoms with van der Waals surface area (Å²) >= 11 is 0. The molecule has 8 nitrogen and oxygen atoms in total. The van der Waals surface area contributed by atoms with Crippen LogP contribution in [0.5, 0.6) is 5.75 Å². The van der Waals surface area contributed by atoms with Crippen LogP contribution in [0.15, 0.2) is 108 Å². The Bertz CT molecular complexity index is 1750. The van der Waals surface area contributed by atoms with E-state index in [4.69, 9.17) is 4.74 Å². The van der Waals surface area contributed by atoms with E-state index in [0.717, 1.165) is 21.0 Å². The third-order valence-electron chi connectivity index (χ3n) is 7.53. The van der Waals surface area contributed by atoms with Gasteiger partial charge in [-0.1, -0.05) is 78.4 Å². The van der Waals surface area contributed by atoms with Gasteiger partial charge < -0.3 is 15.0 Å². The summed E-state index contributed by atoms with van der Waals surface area (Å²) in [6.07, 6.45) is 0.230. The summed E-state index contributed by atoms with van der Waals surface area (Å²) in [5, 5.41) is 3.05. The maximum atomic E-state index is 14.6. The second-order valence-corrected chi connectivity index (χ2v) is 14.3. The Morgan fingerprint density at radius 3 is 2.09 bits per heavy atom. The highest BCUT2D eigenvalue weighted by molar-refractivity contribution is 7.92. The molecule has 0 aliphatic heterocycles. The molecule has 1 unspecified atom stereocenters. The SMILES string of the molecule is COc1cccc(CN(C(=O)CN(c2ccccc2C)S(=O)(=O)c2ccc(C)cc2)C(Cc2ccccc2)C(=O)NC(C)(C)C)c1. The minimum Gasteiger partial charge on any atom is -0.497 e. The molecule has 242 valence electrons. The van der Waals surface area contributed by atoms with Gasteiger partial charge in [-0.2, -0.15) is 0 Å². The summed E-state index contributed by atoms with van der Waals surface area (Å²) in [6, 6.07) is 29.4. The molecule has 1 atom stereocenters. The lowest BCUT2D eigenvalue weighted by Crippen LogP contribution is -2.56. The predicted molar refractivity (Wildman–Crippen MR) is 182 cm³/mol. The van der Waals surface area contributed by atoms with Gasteiger partial charge in [0, 0.05) is 18.5 Å². The van der Waals surface area contributed by atoms with Crippen LogP contribution in [0, 0.1) is 13.8 Å². The number of nitrogens with one attached hydrogen (secondary N) is 1. The van der Waals surface area contributed by atoms with E-state index in [9.17, 15) is 18.0 Å². The zero-order chi connectivity index (χ0) is 33.5. The van der Waals surface area contributed by atoms with Crippen molar-refractivity contribution in [2.45, 2.75) is 64.1 Å². The van der Waals surface area contributed by atoms with Crippen LogP contribution in [0.3, 0.4) is 0 Å². The van der Waals surface area contributed by atoms with Crippen LogP contribution in [0.25, 0.3) is 0 Å². The lowest BCUT2D eigenvalue weighted by atomic mass is 10.0. The number of amides is 2. The lowest BCUT2D eigenvalue weighted by molar-refractivity contribution is -0.140. The van der Waals surface area contributed by atoms with Gasteiger partial charge in [-0.05, 0) is 81.6 Å². The molecule has 0 saturated heterocycles. The van der Waals surface area contributed by atoms with Crippen molar-refractivity contribution in [1.29, 1.82) is 0 Å². The highest BCUT2D eigenvalue weighted by Crippen LogP contribution is 2.28. The van der Waals surface area contributed by atoms with E-state index in [-0.39, 0.29) is 23.8 Å². The summed E-state index contributed by atoms with van der Waals surface area (Å²) in [5.41, 5.74) is 3.02. The Labute approximate surface area is 273 Å². The highest BCUT2D eigenvalue weighted by atomic mass is 32.2. The largest absolute Gasteiger partial charge is 0.497 e. The average Bonchev–Trinajstić information content (AvgIpc) is 3.01. The molecule has 0 aromatic heterocycles. The zero-order valence-electron chi connectivity index (χ0n) is 27.4. The Balaban J connectivity index is 1.84. The summed E-state index contributed by atoms with van der Waals surface area (Å²) in [7, 11) is -2.61. The summed E-state index contributed by atoms with van der Waals surface area (Å²) < 4.78 is 35.1. The molecule has 0 spiro atoms. The first-order chi connectivity index (χ1) is 21.8. The van der Waals surface area contributed by atoms with Crippen molar-refractivity contribution in [2.24, 2.45) is 0 Å². The molecule has 0 aliphatic rings. The summed E-state index contributed by atoms with van der Waals surface area (Å²) in [4.78, 5) is 30.2. The number of hydrogen-bond acceptors (Lipinski definition) is 5. The Morgan fingerprint density at radius 1 is 0.826 bits per heavy atom. The van der Waals surface area contributed by atoms with E-state index in [0.29, 0.717) is 17.0 Å². The Hall–Kier alpha value is -4.63. The van der Waals surface area contributed by atoms with Crippen molar-refractivity contribution in [3.63, 3.8) is 0 Å². The molecule has 0 fully saturated rings. The topological polar surface area (TPSA) is 96.0 Å². The van der Waals surface area contributed by atoms with Gasteiger partial charge >= 0.3 is 0 Å². The van der Waals surface area contributed by atoms with E-state index < -0.39 is 34.1 Å². The number of anilines is 1. The fraction of sp³-hybridized carbons (Fsp3) is 0.297. The van der Waals surface area contributed by atoms with Gasteiger partial charge in [-0.3, -0.25) is 13.9 Å². The van der Waals surface area contributed by atoms with Crippen molar-refractivity contribution in [3.8, 4) is 5.75 Å². The van der Waals surface area contributed by atoms with E-state index in [1.54, 1.807) is 62.6 Å². The van der Waals surface area contributed by atoms with E-state index in [1.807, 2.05) is 82.3 Å². The van der Waals surface area contributed by atoms with Gasteiger partial charge in [0.2, 0.25) is 11.8 Å². The molecule has 4 aromatic carbocycles. The number of nitrogens with zero attached hydrogens (tertiary/aromatic N) is 2. The van der Waals surface area contributed by atoms with Crippen molar-refractivity contribution in [1.82, 2.24) is 10.2 Å². The van der Waals surface area contributed by atoms with Crippen molar-refractivity contribution < 1.29 is 22.7 Å². The van der Waals surface area contributed by atoms with Crippen LogP contribution in [0.2, 0.25) is 0 Å². The Morgan fingerprint density at radius 2 is 1.46 bits per heavy atom. The van der Waals surface area contributed by atoms with Gasteiger partial charge in [0.25, 0.3) is 10.0 Å². The van der Waals surface area contributed by atoms with Crippen LogP contribution in [-0.4, -0.2) is 50.4 Å². The maximum absolute atomic E-state index is 14.6.